The summed E-state index contributed by atoms with van der Waals surface area (Å²) in [5.74, 6) is 0.768. The van der Waals surface area contributed by atoms with Crippen molar-refractivity contribution in [1.29, 1.82) is 0 Å². The molecule has 1 amide bonds. The predicted octanol–water partition coefficient (Wildman–Crippen LogP) is 2.13. The van der Waals surface area contributed by atoms with Crippen molar-refractivity contribution in [2.24, 2.45) is 0 Å². The maximum absolute atomic E-state index is 12.3. The first-order valence-electron chi connectivity index (χ1n) is 7.68. The number of rotatable bonds is 9. The minimum atomic E-state index is -0.197. The second-order valence-electron chi connectivity index (χ2n) is 5.41. The quantitative estimate of drug-likeness (QED) is 0.736. The first kappa shape index (κ1) is 17.8. The summed E-state index contributed by atoms with van der Waals surface area (Å²) in [6.45, 7) is 1.40. The van der Waals surface area contributed by atoms with Gasteiger partial charge in [0.1, 0.15) is 0 Å². The van der Waals surface area contributed by atoms with Gasteiger partial charge in [0.05, 0.1) is 19.3 Å². The van der Waals surface area contributed by atoms with E-state index in [1.807, 2.05) is 36.7 Å². The van der Waals surface area contributed by atoms with Gasteiger partial charge in [-0.05, 0) is 42.7 Å². The summed E-state index contributed by atoms with van der Waals surface area (Å²) in [5.41, 5.74) is 1.70. The highest BCUT2D eigenvalue weighted by Gasteiger charge is 2.13. The van der Waals surface area contributed by atoms with Crippen LogP contribution < -0.4 is 5.32 Å². The van der Waals surface area contributed by atoms with Crippen molar-refractivity contribution >= 4 is 28.6 Å². The molecule has 126 valence electrons. The molecule has 0 radical (unpaired) electrons. The van der Waals surface area contributed by atoms with Crippen LogP contribution in [0.3, 0.4) is 0 Å². The van der Waals surface area contributed by atoms with Crippen LogP contribution >= 0.6 is 11.8 Å². The number of benzene rings is 1. The number of carbonyl (C=O) groups is 1. The number of amides is 1. The lowest BCUT2D eigenvalue weighted by Gasteiger charge is -2.15. The lowest BCUT2D eigenvalue weighted by molar-refractivity contribution is 0.0915. The Hall–Kier alpha value is -1.50. The summed E-state index contributed by atoms with van der Waals surface area (Å²) in [7, 11) is 1.68. The van der Waals surface area contributed by atoms with E-state index in [4.69, 9.17) is 4.74 Å². The van der Waals surface area contributed by atoms with E-state index in [1.165, 1.54) is 0 Å². The van der Waals surface area contributed by atoms with Crippen LogP contribution in [0.2, 0.25) is 0 Å². The predicted molar refractivity (Wildman–Crippen MR) is 95.2 cm³/mol. The summed E-state index contributed by atoms with van der Waals surface area (Å²) >= 11 is 1.70. The van der Waals surface area contributed by atoms with Crippen molar-refractivity contribution in [3.05, 3.63) is 36.0 Å². The SMILES string of the molecule is COCCn1ccc2cc(C(=O)N[C@@H](CO)CCSC)ccc21. The molecule has 2 rings (SSSR count). The topological polar surface area (TPSA) is 63.5 Å². The molecule has 0 aliphatic rings. The number of thioether (sulfide) groups is 1. The number of nitrogens with zero attached hydrogens (tertiary/aromatic N) is 1. The number of aliphatic hydroxyl groups excluding tert-OH is 1. The highest BCUT2D eigenvalue weighted by Crippen LogP contribution is 2.18. The van der Waals surface area contributed by atoms with Crippen LogP contribution in [0.15, 0.2) is 30.5 Å². The number of methoxy groups -OCH3 is 1. The lowest BCUT2D eigenvalue weighted by atomic mass is 10.1. The van der Waals surface area contributed by atoms with Crippen LogP contribution in [-0.4, -0.2) is 54.0 Å². The fourth-order valence-electron chi connectivity index (χ4n) is 2.46. The number of aromatic nitrogens is 1. The normalized spacial score (nSPS) is 12.5. The van der Waals surface area contributed by atoms with Crippen LogP contribution in [0, 0.1) is 0 Å². The highest BCUT2D eigenvalue weighted by molar-refractivity contribution is 7.98. The molecular weight excluding hydrogens is 312 g/mol. The minimum Gasteiger partial charge on any atom is -0.394 e. The van der Waals surface area contributed by atoms with E-state index < -0.39 is 0 Å². The average molecular weight is 336 g/mol. The van der Waals surface area contributed by atoms with Crippen molar-refractivity contribution in [3.63, 3.8) is 0 Å². The molecular formula is C17H24N2O3S. The summed E-state index contributed by atoms with van der Waals surface area (Å²) in [6.07, 6.45) is 4.78. The fraction of sp³-hybridized carbons (Fsp3) is 0.471. The standard InChI is InChI=1S/C17H24N2O3S/c1-22-9-8-19-7-5-13-11-14(3-4-16(13)19)17(21)18-15(12-20)6-10-23-2/h3-5,7,11,15,20H,6,8-10,12H2,1-2H3,(H,18,21)/t15-/m1/s1. The van der Waals surface area contributed by atoms with E-state index in [0.29, 0.717) is 12.2 Å². The van der Waals surface area contributed by atoms with Crippen molar-refractivity contribution < 1.29 is 14.6 Å². The zero-order valence-corrected chi connectivity index (χ0v) is 14.4. The zero-order valence-electron chi connectivity index (χ0n) is 13.6. The number of fused-ring (bicyclic) bond motifs is 1. The molecule has 5 nitrogen and oxygen atoms in total. The third kappa shape index (κ3) is 4.73. The smallest absolute Gasteiger partial charge is 0.251 e. The van der Waals surface area contributed by atoms with Gasteiger partial charge in [0.2, 0.25) is 0 Å². The van der Waals surface area contributed by atoms with Crippen LogP contribution in [-0.2, 0) is 11.3 Å². The third-order valence-electron chi connectivity index (χ3n) is 3.80. The monoisotopic (exact) mass is 336 g/mol. The summed E-state index contributed by atoms with van der Waals surface area (Å²) in [6, 6.07) is 7.47. The molecule has 0 unspecified atom stereocenters. The van der Waals surface area contributed by atoms with Gasteiger partial charge in [-0.3, -0.25) is 4.79 Å². The molecule has 1 heterocycles. The maximum Gasteiger partial charge on any atom is 0.251 e. The number of ether oxygens (including phenoxy) is 1. The molecule has 2 N–H and O–H groups in total. The second-order valence-corrected chi connectivity index (χ2v) is 6.40. The molecule has 1 aromatic carbocycles. The number of hydrogen-bond acceptors (Lipinski definition) is 4. The minimum absolute atomic E-state index is 0.0397. The van der Waals surface area contributed by atoms with Gasteiger partial charge in [0.15, 0.2) is 0 Å². The summed E-state index contributed by atoms with van der Waals surface area (Å²) in [5, 5.41) is 13.3. The van der Waals surface area contributed by atoms with E-state index in [0.717, 1.165) is 29.6 Å². The Morgan fingerprint density at radius 3 is 2.96 bits per heavy atom. The Bertz CT molecular complexity index is 642. The van der Waals surface area contributed by atoms with E-state index in [-0.39, 0.29) is 18.6 Å². The lowest BCUT2D eigenvalue weighted by Crippen LogP contribution is -2.37. The van der Waals surface area contributed by atoms with Crippen molar-refractivity contribution in [1.82, 2.24) is 9.88 Å². The van der Waals surface area contributed by atoms with Gasteiger partial charge < -0.3 is 19.7 Å². The zero-order chi connectivity index (χ0) is 16.7. The Morgan fingerprint density at radius 1 is 1.43 bits per heavy atom. The van der Waals surface area contributed by atoms with Gasteiger partial charge in [0.25, 0.3) is 5.91 Å². The van der Waals surface area contributed by atoms with Crippen molar-refractivity contribution in [2.45, 2.75) is 19.0 Å². The van der Waals surface area contributed by atoms with Gasteiger partial charge in [-0.25, -0.2) is 0 Å². The van der Waals surface area contributed by atoms with Gasteiger partial charge in [-0.1, -0.05) is 0 Å². The van der Waals surface area contributed by atoms with E-state index in [1.54, 1.807) is 18.9 Å². The number of hydrogen-bond donors (Lipinski definition) is 2. The Labute approximate surface area is 141 Å². The molecule has 0 fully saturated rings. The number of nitrogens with one attached hydrogen (secondary N) is 1. The van der Waals surface area contributed by atoms with E-state index in [9.17, 15) is 9.90 Å². The van der Waals surface area contributed by atoms with E-state index >= 15 is 0 Å². The Morgan fingerprint density at radius 2 is 2.26 bits per heavy atom. The molecule has 6 heteroatoms. The first-order valence-corrected chi connectivity index (χ1v) is 9.07. The van der Waals surface area contributed by atoms with Crippen LogP contribution in [0.1, 0.15) is 16.8 Å². The molecule has 0 aliphatic carbocycles. The van der Waals surface area contributed by atoms with Crippen LogP contribution in [0.25, 0.3) is 10.9 Å². The molecule has 0 saturated heterocycles. The molecule has 0 bridgehead atoms. The molecule has 1 atom stereocenters. The Kier molecular flexibility index (Phi) is 6.95. The van der Waals surface area contributed by atoms with Gasteiger partial charge in [-0.2, -0.15) is 11.8 Å². The number of carbonyl (C=O) groups excluding carboxylic acids is 1. The largest absolute Gasteiger partial charge is 0.394 e. The van der Waals surface area contributed by atoms with Gasteiger partial charge in [0, 0.05) is 36.3 Å². The molecule has 0 saturated carbocycles. The van der Waals surface area contributed by atoms with Crippen molar-refractivity contribution in [3.8, 4) is 0 Å². The molecule has 2 aromatic rings. The molecule has 23 heavy (non-hydrogen) atoms. The third-order valence-corrected chi connectivity index (χ3v) is 4.44. The Balaban J connectivity index is 2.09. The molecule has 0 aliphatic heterocycles. The van der Waals surface area contributed by atoms with Gasteiger partial charge in [-0.15, -0.1) is 0 Å². The van der Waals surface area contributed by atoms with Crippen LogP contribution in [0.4, 0.5) is 0 Å². The fourth-order valence-corrected chi connectivity index (χ4v) is 2.98. The first-order chi connectivity index (χ1) is 11.2. The van der Waals surface area contributed by atoms with Crippen LogP contribution in [0.5, 0.6) is 0 Å². The average Bonchev–Trinajstić information content (AvgIpc) is 2.98. The second kappa shape index (κ2) is 8.96. The van der Waals surface area contributed by atoms with Crippen molar-refractivity contribution in [2.75, 3.05) is 32.3 Å². The molecule has 1 aromatic heterocycles. The molecule has 0 spiro atoms. The number of aliphatic hydroxyl groups is 1. The summed E-state index contributed by atoms with van der Waals surface area (Å²) in [4.78, 5) is 12.3. The summed E-state index contributed by atoms with van der Waals surface area (Å²) < 4.78 is 7.21. The maximum atomic E-state index is 12.3. The van der Waals surface area contributed by atoms with E-state index in [2.05, 4.69) is 9.88 Å². The van der Waals surface area contributed by atoms with Gasteiger partial charge >= 0.3 is 0 Å². The highest BCUT2D eigenvalue weighted by atomic mass is 32.2.